The van der Waals surface area contributed by atoms with E-state index in [2.05, 4.69) is 4.98 Å². The second kappa shape index (κ2) is 4.41. The molecule has 0 amide bonds. The summed E-state index contributed by atoms with van der Waals surface area (Å²) >= 11 is 0. The number of phenolic OH excluding ortho intramolecular Hbond substituents is 1. The van der Waals surface area contributed by atoms with E-state index in [1.54, 1.807) is 19.4 Å². The van der Waals surface area contributed by atoms with E-state index in [-0.39, 0.29) is 11.3 Å². The largest absolute Gasteiger partial charge is 0.505 e. The van der Waals surface area contributed by atoms with E-state index >= 15 is 0 Å². The summed E-state index contributed by atoms with van der Waals surface area (Å²) in [5.74, 6) is 0.531. The number of carbonyl (C=O) groups excluding carboxylic acids is 1. The van der Waals surface area contributed by atoms with Gasteiger partial charge in [-0.1, -0.05) is 6.92 Å². The molecule has 0 bridgehead atoms. The summed E-state index contributed by atoms with van der Waals surface area (Å²) < 4.78 is 5.34. The number of hydrogen-bond acceptors (Lipinski definition) is 4. The SMILES string of the molecule is CCc1c(C=O)c(O)c2ncccc2c1OC. The van der Waals surface area contributed by atoms with Gasteiger partial charge < -0.3 is 9.84 Å². The van der Waals surface area contributed by atoms with Gasteiger partial charge in [-0.05, 0) is 18.6 Å². The van der Waals surface area contributed by atoms with Crippen molar-refractivity contribution in [2.45, 2.75) is 13.3 Å². The Hall–Kier alpha value is -2.10. The maximum Gasteiger partial charge on any atom is 0.154 e. The van der Waals surface area contributed by atoms with Crippen LogP contribution in [0.25, 0.3) is 10.9 Å². The first-order chi connectivity index (χ1) is 8.24. The number of pyridine rings is 1. The lowest BCUT2D eigenvalue weighted by atomic mass is 9.99. The molecule has 0 atom stereocenters. The van der Waals surface area contributed by atoms with Gasteiger partial charge in [0, 0.05) is 17.1 Å². The Morgan fingerprint density at radius 3 is 2.88 bits per heavy atom. The van der Waals surface area contributed by atoms with Crippen LogP contribution in [-0.2, 0) is 6.42 Å². The van der Waals surface area contributed by atoms with Crippen molar-refractivity contribution in [2.24, 2.45) is 0 Å². The van der Waals surface area contributed by atoms with E-state index < -0.39 is 0 Å². The number of nitrogens with zero attached hydrogens (tertiary/aromatic N) is 1. The standard InChI is InChI=1S/C13H13NO3/c1-3-8-10(7-15)12(16)11-9(13(8)17-2)5-4-6-14-11/h4-7,16H,3H2,1-2H3. The molecule has 4 nitrogen and oxygen atoms in total. The van der Waals surface area contributed by atoms with Crippen molar-refractivity contribution in [3.05, 3.63) is 29.5 Å². The van der Waals surface area contributed by atoms with Crippen molar-refractivity contribution >= 4 is 17.2 Å². The van der Waals surface area contributed by atoms with Crippen molar-refractivity contribution in [3.8, 4) is 11.5 Å². The fourth-order valence-electron chi connectivity index (χ4n) is 2.04. The van der Waals surface area contributed by atoms with Crippen LogP contribution in [0.3, 0.4) is 0 Å². The lowest BCUT2D eigenvalue weighted by Gasteiger charge is -2.14. The third kappa shape index (κ3) is 1.62. The minimum atomic E-state index is -0.0757. The highest BCUT2D eigenvalue weighted by Gasteiger charge is 2.18. The molecule has 88 valence electrons. The predicted octanol–water partition coefficient (Wildman–Crippen LogP) is 2.32. The van der Waals surface area contributed by atoms with Crippen LogP contribution in [0.2, 0.25) is 0 Å². The highest BCUT2D eigenvalue weighted by molar-refractivity contribution is 5.99. The lowest BCUT2D eigenvalue weighted by molar-refractivity contribution is 0.112. The summed E-state index contributed by atoms with van der Waals surface area (Å²) in [5, 5.41) is 10.7. The molecule has 2 aromatic rings. The summed E-state index contributed by atoms with van der Waals surface area (Å²) in [5.41, 5.74) is 1.36. The maximum absolute atomic E-state index is 11.1. The first-order valence-electron chi connectivity index (χ1n) is 5.36. The van der Waals surface area contributed by atoms with Crippen LogP contribution in [0.1, 0.15) is 22.8 Å². The van der Waals surface area contributed by atoms with Crippen LogP contribution in [0.4, 0.5) is 0 Å². The number of phenols is 1. The Balaban J connectivity index is 2.98. The van der Waals surface area contributed by atoms with Gasteiger partial charge in [0.1, 0.15) is 11.3 Å². The molecule has 0 radical (unpaired) electrons. The van der Waals surface area contributed by atoms with Gasteiger partial charge in [-0.25, -0.2) is 0 Å². The average molecular weight is 231 g/mol. The fraction of sp³-hybridized carbons (Fsp3) is 0.231. The Bertz CT molecular complexity index is 578. The second-order valence-electron chi connectivity index (χ2n) is 3.65. The number of aromatic hydroxyl groups is 1. The molecular weight excluding hydrogens is 218 g/mol. The molecule has 2 rings (SSSR count). The maximum atomic E-state index is 11.1. The predicted molar refractivity (Wildman–Crippen MR) is 64.7 cm³/mol. The number of methoxy groups -OCH3 is 1. The zero-order chi connectivity index (χ0) is 12.4. The van der Waals surface area contributed by atoms with Crippen LogP contribution >= 0.6 is 0 Å². The molecule has 1 aromatic heterocycles. The summed E-state index contributed by atoms with van der Waals surface area (Å²) in [6, 6.07) is 3.58. The Kier molecular flexibility index (Phi) is 2.95. The van der Waals surface area contributed by atoms with Crippen molar-refractivity contribution in [2.75, 3.05) is 7.11 Å². The number of benzene rings is 1. The molecule has 0 aliphatic rings. The number of ether oxygens (including phenoxy) is 1. The molecule has 1 heterocycles. The van der Waals surface area contributed by atoms with Gasteiger partial charge in [-0.15, -0.1) is 0 Å². The van der Waals surface area contributed by atoms with Crippen LogP contribution in [0.15, 0.2) is 18.3 Å². The number of carbonyl (C=O) groups is 1. The molecule has 0 unspecified atom stereocenters. The van der Waals surface area contributed by atoms with Crippen LogP contribution in [0, 0.1) is 0 Å². The number of rotatable bonds is 3. The lowest BCUT2D eigenvalue weighted by Crippen LogP contribution is -1.99. The number of fused-ring (bicyclic) bond motifs is 1. The van der Waals surface area contributed by atoms with Gasteiger partial charge >= 0.3 is 0 Å². The van der Waals surface area contributed by atoms with Crippen LogP contribution in [0.5, 0.6) is 11.5 Å². The van der Waals surface area contributed by atoms with Crippen molar-refractivity contribution < 1.29 is 14.6 Å². The summed E-state index contributed by atoms with van der Waals surface area (Å²) in [7, 11) is 1.55. The first kappa shape index (κ1) is 11.4. The third-order valence-electron chi connectivity index (χ3n) is 2.81. The quantitative estimate of drug-likeness (QED) is 0.823. The second-order valence-corrected chi connectivity index (χ2v) is 3.65. The average Bonchev–Trinajstić information content (AvgIpc) is 2.38. The topological polar surface area (TPSA) is 59.4 Å². The molecule has 0 aliphatic heterocycles. The first-order valence-corrected chi connectivity index (χ1v) is 5.36. The Morgan fingerprint density at radius 2 is 2.29 bits per heavy atom. The van der Waals surface area contributed by atoms with E-state index in [4.69, 9.17) is 4.74 Å². The third-order valence-corrected chi connectivity index (χ3v) is 2.81. The van der Waals surface area contributed by atoms with Crippen LogP contribution in [-0.4, -0.2) is 23.5 Å². The Labute approximate surface area is 98.9 Å². The van der Waals surface area contributed by atoms with Gasteiger partial charge in [-0.3, -0.25) is 9.78 Å². The molecule has 0 fully saturated rings. The molecule has 0 saturated heterocycles. The van der Waals surface area contributed by atoms with Crippen molar-refractivity contribution in [1.29, 1.82) is 0 Å². The molecule has 0 spiro atoms. The highest BCUT2D eigenvalue weighted by atomic mass is 16.5. The van der Waals surface area contributed by atoms with Crippen molar-refractivity contribution in [1.82, 2.24) is 4.98 Å². The summed E-state index contributed by atoms with van der Waals surface area (Å²) in [6.45, 7) is 1.91. The molecule has 4 heteroatoms. The van der Waals surface area contributed by atoms with Crippen molar-refractivity contribution in [3.63, 3.8) is 0 Å². The van der Waals surface area contributed by atoms with Gasteiger partial charge in [0.25, 0.3) is 0 Å². The molecule has 1 aromatic carbocycles. The van der Waals surface area contributed by atoms with Gasteiger partial charge in [0.15, 0.2) is 12.0 Å². The highest BCUT2D eigenvalue weighted by Crippen LogP contribution is 2.38. The van der Waals surface area contributed by atoms with Gasteiger partial charge in [0.05, 0.1) is 12.7 Å². The molecular formula is C13H13NO3. The van der Waals surface area contributed by atoms with Gasteiger partial charge in [0.2, 0.25) is 0 Å². The molecule has 0 aliphatic carbocycles. The van der Waals surface area contributed by atoms with E-state index in [1.165, 1.54) is 0 Å². The number of aldehydes is 1. The molecule has 17 heavy (non-hydrogen) atoms. The number of aromatic nitrogens is 1. The normalized spacial score (nSPS) is 10.5. The van der Waals surface area contributed by atoms with E-state index in [9.17, 15) is 9.90 Å². The Morgan fingerprint density at radius 1 is 1.53 bits per heavy atom. The van der Waals surface area contributed by atoms with Gasteiger partial charge in [-0.2, -0.15) is 0 Å². The van der Waals surface area contributed by atoms with Crippen LogP contribution < -0.4 is 4.74 Å². The van der Waals surface area contributed by atoms with E-state index in [1.807, 2.05) is 13.0 Å². The number of hydrogen-bond donors (Lipinski definition) is 1. The smallest absolute Gasteiger partial charge is 0.154 e. The summed E-state index contributed by atoms with van der Waals surface area (Å²) in [6.07, 6.45) is 2.82. The monoisotopic (exact) mass is 231 g/mol. The fourth-order valence-corrected chi connectivity index (χ4v) is 2.04. The minimum absolute atomic E-state index is 0.0757. The molecule has 0 saturated carbocycles. The van der Waals surface area contributed by atoms with E-state index in [0.29, 0.717) is 29.5 Å². The minimum Gasteiger partial charge on any atom is -0.505 e. The molecule has 1 N–H and O–H groups in total. The zero-order valence-corrected chi connectivity index (χ0v) is 9.73. The zero-order valence-electron chi connectivity index (χ0n) is 9.73. The summed E-state index contributed by atoms with van der Waals surface area (Å²) in [4.78, 5) is 15.2. The van der Waals surface area contributed by atoms with E-state index in [0.717, 1.165) is 5.39 Å².